The van der Waals surface area contributed by atoms with Crippen molar-refractivity contribution in [2.24, 2.45) is 39.9 Å². The molecule has 6 rings (SSSR count). The number of methoxy groups -OCH3 is 1. The summed E-state index contributed by atoms with van der Waals surface area (Å²) in [7, 11) is 1.25. The van der Waals surface area contributed by atoms with Gasteiger partial charge in [-0.05, 0) is 24.8 Å². The minimum Gasteiger partial charge on any atom is -0.472 e. The van der Waals surface area contributed by atoms with Gasteiger partial charge in [-0.25, -0.2) is 0 Å². The molecule has 13 nitrogen and oxygen atoms in total. The summed E-state index contributed by atoms with van der Waals surface area (Å²) in [5.41, 5.74) is -6.95. The number of fused-ring (bicyclic) bond motifs is 5. The molecule has 0 radical (unpaired) electrons. The largest absolute Gasteiger partial charge is 0.472 e. The molecule has 4 saturated carbocycles. The summed E-state index contributed by atoms with van der Waals surface area (Å²) in [4.78, 5) is 64.6. The van der Waals surface area contributed by atoms with Gasteiger partial charge in [-0.3, -0.25) is 24.0 Å². The van der Waals surface area contributed by atoms with Gasteiger partial charge in [0.05, 0.1) is 43.0 Å². The molecule has 2 bridgehead atoms. The Bertz CT molecular complexity index is 1470. The summed E-state index contributed by atoms with van der Waals surface area (Å²) < 4.78 is 34.3. The predicted molar refractivity (Wildman–Crippen MR) is 153 cm³/mol. The van der Waals surface area contributed by atoms with Crippen molar-refractivity contribution in [1.29, 1.82) is 0 Å². The highest BCUT2D eigenvalue weighted by Crippen LogP contribution is 2.81. The van der Waals surface area contributed by atoms with Crippen LogP contribution in [0.2, 0.25) is 0 Å². The average Bonchev–Trinajstić information content (AvgIpc) is 3.61. The minimum atomic E-state index is -2.07. The Hall–Kier alpha value is -3.45. The van der Waals surface area contributed by atoms with Crippen molar-refractivity contribution in [3.63, 3.8) is 0 Å². The van der Waals surface area contributed by atoms with Crippen molar-refractivity contribution in [1.82, 2.24) is 0 Å². The number of carbonyl (C=O) groups is 5. The second-order valence-electron chi connectivity index (χ2n) is 14.6. The molecule has 13 atom stereocenters. The Kier molecular flexibility index (Phi) is 7.26. The van der Waals surface area contributed by atoms with Gasteiger partial charge in [-0.2, -0.15) is 0 Å². The van der Waals surface area contributed by atoms with Gasteiger partial charge in [-0.15, -0.1) is 0 Å². The number of carbonyl (C=O) groups excluding carboxylic acids is 5. The van der Waals surface area contributed by atoms with Crippen LogP contribution in [0.1, 0.15) is 78.9 Å². The van der Waals surface area contributed by atoms with Crippen molar-refractivity contribution in [2.75, 3.05) is 7.11 Å². The van der Waals surface area contributed by atoms with E-state index in [1.807, 2.05) is 6.92 Å². The zero-order chi connectivity index (χ0) is 33.8. The van der Waals surface area contributed by atoms with Crippen LogP contribution in [-0.4, -0.2) is 76.7 Å². The van der Waals surface area contributed by atoms with E-state index in [0.717, 1.165) is 0 Å². The summed E-state index contributed by atoms with van der Waals surface area (Å²) in [6.07, 6.45) is -2.21. The van der Waals surface area contributed by atoms with Gasteiger partial charge in [0.25, 0.3) is 0 Å². The molecule has 0 spiro atoms. The van der Waals surface area contributed by atoms with E-state index in [4.69, 9.17) is 28.1 Å². The Morgan fingerprint density at radius 2 is 1.59 bits per heavy atom. The fourth-order valence-electron chi connectivity index (χ4n) is 11.2. The lowest BCUT2D eigenvalue weighted by Crippen LogP contribution is -2.82. The first kappa shape index (κ1) is 32.5. The van der Waals surface area contributed by atoms with E-state index >= 15 is 0 Å². The average molecular weight is 647 g/mol. The lowest BCUT2D eigenvalue weighted by molar-refractivity contribution is -0.365. The Labute approximate surface area is 266 Å². The van der Waals surface area contributed by atoms with Gasteiger partial charge in [0.15, 0.2) is 0 Å². The number of ether oxygens (including phenoxy) is 5. The molecule has 5 aliphatic rings. The molecular formula is C33H42O13. The van der Waals surface area contributed by atoms with Crippen LogP contribution in [0, 0.1) is 39.9 Å². The summed E-state index contributed by atoms with van der Waals surface area (Å²) in [6.45, 7) is 9.03. The van der Waals surface area contributed by atoms with Crippen molar-refractivity contribution in [3.8, 4) is 0 Å². The topological polar surface area (TPSA) is 185 Å². The molecule has 0 aromatic carbocycles. The van der Waals surface area contributed by atoms with Crippen LogP contribution in [0.15, 0.2) is 23.0 Å². The quantitative estimate of drug-likeness (QED) is 0.339. The molecule has 46 heavy (non-hydrogen) atoms. The highest BCUT2D eigenvalue weighted by molar-refractivity contribution is 5.73. The predicted octanol–water partition coefficient (Wildman–Crippen LogP) is 2.41. The van der Waals surface area contributed by atoms with Gasteiger partial charge in [0.1, 0.15) is 30.0 Å². The maximum atomic E-state index is 13.5. The minimum absolute atomic E-state index is 0.0374. The zero-order valence-corrected chi connectivity index (χ0v) is 27.1. The molecule has 13 heteroatoms. The highest BCUT2D eigenvalue weighted by Gasteiger charge is 2.89. The maximum absolute atomic E-state index is 13.5. The number of furan rings is 1. The Morgan fingerprint density at radius 3 is 2.15 bits per heavy atom. The lowest BCUT2D eigenvalue weighted by atomic mass is 9.36. The van der Waals surface area contributed by atoms with Gasteiger partial charge >= 0.3 is 29.8 Å². The van der Waals surface area contributed by atoms with Gasteiger partial charge in [0.2, 0.25) is 0 Å². The molecule has 2 N–H and O–H groups in total. The molecule has 1 aliphatic heterocycles. The van der Waals surface area contributed by atoms with Crippen LogP contribution in [-0.2, 0) is 47.7 Å². The van der Waals surface area contributed by atoms with Crippen molar-refractivity contribution in [2.45, 2.75) is 103 Å². The first-order valence-corrected chi connectivity index (χ1v) is 15.6. The number of aliphatic hydroxyl groups is 2. The highest BCUT2D eigenvalue weighted by atomic mass is 16.6. The number of cyclic esters (lactones) is 1. The molecule has 1 unspecified atom stereocenters. The molecule has 1 aromatic heterocycles. The van der Waals surface area contributed by atoms with Crippen LogP contribution in [0.3, 0.4) is 0 Å². The first-order chi connectivity index (χ1) is 21.4. The molecule has 252 valence electrons. The van der Waals surface area contributed by atoms with Crippen LogP contribution < -0.4 is 0 Å². The Balaban J connectivity index is 1.64. The number of rotatable bonds is 6. The SMILES string of the molecule is COC(=O)C[C@H]1[C@@]2(C)C[C@]3(O)C([C@H]2OC(C)=O)[C@@H](OC(C)=O)[C@]2(O)[C@@H]4CC(=O)O[C@@H](c5ccoc5)[C@]4(C)[C@@H](OC(C)=O)C[C@@H]2[C@]13C. The first-order valence-electron chi connectivity index (χ1n) is 15.6. The third-order valence-electron chi connectivity index (χ3n) is 12.7. The molecule has 5 fully saturated rings. The van der Waals surface area contributed by atoms with Crippen LogP contribution in [0.4, 0.5) is 0 Å². The number of hydrogen-bond donors (Lipinski definition) is 2. The molecule has 4 aliphatic carbocycles. The third-order valence-corrected chi connectivity index (χ3v) is 12.7. The van der Waals surface area contributed by atoms with E-state index in [1.165, 1.54) is 40.4 Å². The fourth-order valence-corrected chi connectivity index (χ4v) is 11.2. The standard InChI is InChI=1S/C33H42O13/c1-15(34)43-22-10-21-31(6)19(11-23(37)41-7)29(4)14-32(31,39)25(27(29)44-16(2)35)28(45-17(3)36)33(21,40)20-12-24(38)46-26(30(20,22)5)18-8-9-42-13-18/h8-9,13,19-22,25-28,39-40H,10-12,14H2,1-7H3/t19-,20+,21+,22-,25?,26-,27+,28+,29+,30-,31-,32-,33-/m0/s1. The monoisotopic (exact) mass is 646 g/mol. The van der Waals surface area contributed by atoms with Crippen LogP contribution >= 0.6 is 0 Å². The summed E-state index contributed by atoms with van der Waals surface area (Å²) in [5, 5.41) is 26.4. The Morgan fingerprint density at radius 1 is 0.957 bits per heavy atom. The summed E-state index contributed by atoms with van der Waals surface area (Å²) >= 11 is 0. The van der Waals surface area contributed by atoms with Gasteiger partial charge < -0.3 is 38.3 Å². The molecule has 0 amide bonds. The van der Waals surface area contributed by atoms with Crippen molar-refractivity contribution >= 4 is 29.8 Å². The summed E-state index contributed by atoms with van der Waals surface area (Å²) in [6, 6.07) is 1.62. The smallest absolute Gasteiger partial charge is 0.306 e. The van der Waals surface area contributed by atoms with Crippen molar-refractivity contribution < 1.29 is 62.3 Å². The van der Waals surface area contributed by atoms with Crippen LogP contribution in [0.5, 0.6) is 0 Å². The van der Waals surface area contributed by atoms with Crippen LogP contribution in [0.25, 0.3) is 0 Å². The third kappa shape index (κ3) is 3.96. The molecule has 1 saturated heterocycles. The normalized spacial score (nSPS) is 46.8. The number of hydrogen-bond acceptors (Lipinski definition) is 13. The second-order valence-corrected chi connectivity index (χ2v) is 14.6. The van der Waals surface area contributed by atoms with E-state index in [2.05, 4.69) is 0 Å². The van der Waals surface area contributed by atoms with Gasteiger partial charge in [0, 0.05) is 55.4 Å². The van der Waals surface area contributed by atoms with E-state index in [-0.39, 0.29) is 25.7 Å². The van der Waals surface area contributed by atoms with E-state index < -0.39 is 105 Å². The second kappa shape index (κ2) is 10.3. The lowest BCUT2D eigenvalue weighted by Gasteiger charge is -2.72. The van der Waals surface area contributed by atoms with E-state index in [1.54, 1.807) is 19.9 Å². The molecule has 1 aromatic rings. The van der Waals surface area contributed by atoms with E-state index in [0.29, 0.717) is 5.56 Å². The fraction of sp³-hybridized carbons (Fsp3) is 0.727. The number of esters is 5. The van der Waals surface area contributed by atoms with Crippen molar-refractivity contribution in [3.05, 3.63) is 24.2 Å². The summed E-state index contributed by atoms with van der Waals surface area (Å²) in [5.74, 6) is -7.12. The van der Waals surface area contributed by atoms with Gasteiger partial charge in [-0.1, -0.05) is 20.8 Å². The maximum Gasteiger partial charge on any atom is 0.306 e. The van der Waals surface area contributed by atoms with E-state index in [9.17, 15) is 34.2 Å². The molecular weight excluding hydrogens is 604 g/mol. The zero-order valence-electron chi connectivity index (χ0n) is 27.1. The molecule has 2 heterocycles.